The highest BCUT2D eigenvalue weighted by Crippen LogP contribution is 2.25. The zero-order valence-electron chi connectivity index (χ0n) is 13.8. The van der Waals surface area contributed by atoms with E-state index in [-0.39, 0.29) is 22.8 Å². The Hall–Kier alpha value is -2.67. The number of hydrogen-bond donors (Lipinski definition) is 1. The van der Waals surface area contributed by atoms with Gasteiger partial charge in [-0.25, -0.2) is 17.6 Å². The van der Waals surface area contributed by atoms with Gasteiger partial charge in [0.1, 0.15) is 5.82 Å². The van der Waals surface area contributed by atoms with E-state index in [1.165, 1.54) is 48.5 Å². The van der Waals surface area contributed by atoms with Gasteiger partial charge in [0.2, 0.25) is 0 Å². The molecule has 0 radical (unpaired) electrons. The van der Waals surface area contributed by atoms with E-state index in [4.69, 9.17) is 10.5 Å². The van der Waals surface area contributed by atoms with Gasteiger partial charge in [-0.1, -0.05) is 24.3 Å². The lowest BCUT2D eigenvalue weighted by atomic mass is 10.00. The molecule has 0 amide bonds. The number of halogens is 1. The minimum absolute atomic E-state index is 0.0916. The van der Waals surface area contributed by atoms with Crippen molar-refractivity contribution in [3.63, 3.8) is 0 Å². The van der Waals surface area contributed by atoms with E-state index in [0.29, 0.717) is 11.1 Å². The summed E-state index contributed by atoms with van der Waals surface area (Å²) in [6.45, 7) is 1.82. The highest BCUT2D eigenvalue weighted by molar-refractivity contribution is 7.90. The number of rotatable bonds is 5. The Bertz CT molecular complexity index is 901. The number of carbonyl (C=O) groups excluding carboxylic acids is 1. The molecule has 0 aliphatic rings. The predicted molar refractivity (Wildman–Crippen MR) is 93.6 cm³/mol. The van der Waals surface area contributed by atoms with E-state index in [1.807, 2.05) is 0 Å². The van der Waals surface area contributed by atoms with Crippen molar-refractivity contribution < 1.29 is 22.3 Å². The number of carbonyl (C=O) groups is 1. The Morgan fingerprint density at radius 2 is 1.56 bits per heavy atom. The maximum atomic E-state index is 13.2. The zero-order valence-corrected chi connectivity index (χ0v) is 14.6. The SMILES string of the molecule is CCOC(=O)C(=C(N)c1ccc(S(C)(=O)=O)cc1)c1ccc(F)cc1. The average Bonchev–Trinajstić information content (AvgIpc) is 2.56. The third kappa shape index (κ3) is 4.45. The fourth-order valence-corrected chi connectivity index (χ4v) is 2.86. The van der Waals surface area contributed by atoms with Gasteiger partial charge in [-0.3, -0.25) is 0 Å². The molecule has 0 aromatic heterocycles. The van der Waals surface area contributed by atoms with Crippen LogP contribution in [0.3, 0.4) is 0 Å². The molecule has 2 aromatic rings. The number of sulfone groups is 1. The van der Waals surface area contributed by atoms with Gasteiger partial charge >= 0.3 is 5.97 Å². The number of nitrogens with two attached hydrogens (primary N) is 1. The normalized spacial score (nSPS) is 12.4. The van der Waals surface area contributed by atoms with E-state index < -0.39 is 21.6 Å². The Kier molecular flexibility index (Phi) is 5.58. The maximum absolute atomic E-state index is 13.2. The smallest absolute Gasteiger partial charge is 0.340 e. The fraction of sp³-hybridized carbons (Fsp3) is 0.167. The van der Waals surface area contributed by atoms with Gasteiger partial charge in [-0.15, -0.1) is 0 Å². The van der Waals surface area contributed by atoms with Crippen molar-refractivity contribution in [2.45, 2.75) is 11.8 Å². The number of benzene rings is 2. The third-order valence-electron chi connectivity index (χ3n) is 3.48. The average molecular weight is 363 g/mol. The second-order valence-corrected chi connectivity index (χ2v) is 7.33. The minimum Gasteiger partial charge on any atom is -0.462 e. The molecule has 0 fully saturated rings. The van der Waals surface area contributed by atoms with Gasteiger partial charge in [0, 0.05) is 6.26 Å². The monoisotopic (exact) mass is 363 g/mol. The van der Waals surface area contributed by atoms with Crippen molar-refractivity contribution in [2.24, 2.45) is 5.73 Å². The molecule has 0 unspecified atom stereocenters. The second-order valence-electron chi connectivity index (χ2n) is 5.31. The van der Waals surface area contributed by atoms with Crippen LogP contribution in [-0.4, -0.2) is 27.2 Å². The third-order valence-corrected chi connectivity index (χ3v) is 4.60. The van der Waals surface area contributed by atoms with Crippen LogP contribution >= 0.6 is 0 Å². The lowest BCUT2D eigenvalue weighted by Crippen LogP contribution is -2.13. The summed E-state index contributed by atoms with van der Waals surface area (Å²) >= 11 is 0. The largest absolute Gasteiger partial charge is 0.462 e. The maximum Gasteiger partial charge on any atom is 0.340 e. The van der Waals surface area contributed by atoms with E-state index in [0.717, 1.165) is 6.26 Å². The molecular weight excluding hydrogens is 345 g/mol. The van der Waals surface area contributed by atoms with Crippen molar-refractivity contribution in [3.8, 4) is 0 Å². The molecule has 7 heteroatoms. The van der Waals surface area contributed by atoms with Crippen LogP contribution in [0.2, 0.25) is 0 Å². The highest BCUT2D eigenvalue weighted by atomic mass is 32.2. The first-order chi connectivity index (χ1) is 11.7. The van der Waals surface area contributed by atoms with E-state index in [9.17, 15) is 17.6 Å². The van der Waals surface area contributed by atoms with Crippen LogP contribution in [0, 0.1) is 5.82 Å². The number of ether oxygens (including phenoxy) is 1. The van der Waals surface area contributed by atoms with Crippen molar-refractivity contribution in [1.82, 2.24) is 0 Å². The summed E-state index contributed by atoms with van der Waals surface area (Å²) in [5, 5.41) is 0. The topological polar surface area (TPSA) is 86.5 Å². The van der Waals surface area contributed by atoms with Crippen LogP contribution in [0.5, 0.6) is 0 Å². The quantitative estimate of drug-likeness (QED) is 0.501. The molecule has 2 aromatic carbocycles. The molecule has 0 saturated heterocycles. The second kappa shape index (κ2) is 7.48. The first-order valence-corrected chi connectivity index (χ1v) is 9.36. The molecule has 5 nitrogen and oxygen atoms in total. The van der Waals surface area contributed by atoms with Gasteiger partial charge in [-0.2, -0.15) is 0 Å². The van der Waals surface area contributed by atoms with Crippen molar-refractivity contribution in [2.75, 3.05) is 12.9 Å². The van der Waals surface area contributed by atoms with Crippen molar-refractivity contribution >= 4 is 27.1 Å². The van der Waals surface area contributed by atoms with Gasteiger partial charge in [-0.05, 0) is 42.3 Å². The van der Waals surface area contributed by atoms with E-state index >= 15 is 0 Å². The minimum atomic E-state index is -3.34. The van der Waals surface area contributed by atoms with Gasteiger partial charge in [0.05, 0.1) is 22.8 Å². The summed E-state index contributed by atoms with van der Waals surface area (Å²) in [6, 6.07) is 11.1. The number of hydrogen-bond acceptors (Lipinski definition) is 5. The van der Waals surface area contributed by atoms with Gasteiger partial charge < -0.3 is 10.5 Å². The van der Waals surface area contributed by atoms with Crippen LogP contribution < -0.4 is 5.73 Å². The summed E-state index contributed by atoms with van der Waals surface area (Å²) in [5.41, 5.74) is 7.21. The molecule has 0 saturated carbocycles. The molecular formula is C18H18FNO4S. The lowest BCUT2D eigenvalue weighted by molar-refractivity contribution is -0.136. The van der Waals surface area contributed by atoms with Crippen LogP contribution in [0.15, 0.2) is 53.4 Å². The molecule has 2 rings (SSSR count). The fourth-order valence-electron chi connectivity index (χ4n) is 2.23. The van der Waals surface area contributed by atoms with E-state index in [2.05, 4.69) is 0 Å². The molecule has 0 spiro atoms. The molecule has 0 heterocycles. The molecule has 2 N–H and O–H groups in total. The first kappa shape index (κ1) is 18.7. The van der Waals surface area contributed by atoms with Crippen LogP contribution in [0.25, 0.3) is 11.3 Å². The van der Waals surface area contributed by atoms with Gasteiger partial charge in [0.15, 0.2) is 9.84 Å². The Balaban J connectivity index is 2.57. The summed E-state index contributed by atoms with van der Waals surface area (Å²) in [7, 11) is -3.34. The van der Waals surface area contributed by atoms with Gasteiger partial charge in [0.25, 0.3) is 0 Å². The summed E-state index contributed by atoms with van der Waals surface area (Å²) in [5.74, 6) is -1.08. The standard InChI is InChI=1S/C18H18FNO4S/c1-3-24-18(21)16(12-4-8-14(19)9-5-12)17(20)13-6-10-15(11-7-13)25(2,22)23/h4-11H,3,20H2,1-2H3. The van der Waals surface area contributed by atoms with E-state index in [1.54, 1.807) is 6.92 Å². The predicted octanol–water partition coefficient (Wildman–Crippen LogP) is 2.62. The highest BCUT2D eigenvalue weighted by Gasteiger charge is 2.19. The Morgan fingerprint density at radius 3 is 2.04 bits per heavy atom. The molecule has 25 heavy (non-hydrogen) atoms. The number of esters is 1. The Morgan fingerprint density at radius 1 is 1.04 bits per heavy atom. The summed E-state index contributed by atoms with van der Waals surface area (Å²) in [4.78, 5) is 12.5. The Labute approximate surface area is 145 Å². The lowest BCUT2D eigenvalue weighted by Gasteiger charge is -2.12. The molecule has 0 aliphatic heterocycles. The zero-order chi connectivity index (χ0) is 18.6. The molecule has 0 bridgehead atoms. The first-order valence-electron chi connectivity index (χ1n) is 7.47. The van der Waals surface area contributed by atoms with Crippen LogP contribution in [0.4, 0.5) is 4.39 Å². The van der Waals surface area contributed by atoms with Crippen molar-refractivity contribution in [1.29, 1.82) is 0 Å². The van der Waals surface area contributed by atoms with Crippen molar-refractivity contribution in [3.05, 3.63) is 65.5 Å². The molecule has 0 aliphatic carbocycles. The van der Waals surface area contributed by atoms with Crippen LogP contribution in [0.1, 0.15) is 18.1 Å². The summed E-state index contributed by atoms with van der Waals surface area (Å²) in [6.07, 6.45) is 1.10. The van der Waals surface area contributed by atoms with Crippen LogP contribution in [-0.2, 0) is 19.4 Å². The molecule has 132 valence electrons. The molecule has 0 atom stereocenters. The summed E-state index contributed by atoms with van der Waals surface area (Å²) < 4.78 is 41.3.